The van der Waals surface area contributed by atoms with Gasteiger partial charge in [0, 0.05) is 6.54 Å². The standard InChI is InChI=1S/C8H11Cl2N3O/c1-4(14)3-12-8-6(10)2-5(9)7(11)13-8/h2,4,14H,3H2,1H3,(H3,11,12,13). The van der Waals surface area contributed by atoms with E-state index in [4.69, 9.17) is 34.0 Å². The number of nitrogens with two attached hydrogens (primary N) is 1. The maximum atomic E-state index is 9.04. The largest absolute Gasteiger partial charge is 0.392 e. The van der Waals surface area contributed by atoms with Gasteiger partial charge >= 0.3 is 0 Å². The summed E-state index contributed by atoms with van der Waals surface area (Å²) in [5, 5.41) is 12.6. The molecule has 1 atom stereocenters. The van der Waals surface area contributed by atoms with E-state index in [1.165, 1.54) is 6.07 Å². The Kier molecular flexibility index (Phi) is 3.80. The summed E-state index contributed by atoms with van der Waals surface area (Å²) >= 11 is 11.5. The second kappa shape index (κ2) is 4.68. The third-order valence-electron chi connectivity index (χ3n) is 1.52. The summed E-state index contributed by atoms with van der Waals surface area (Å²) in [4.78, 5) is 3.94. The predicted octanol–water partition coefficient (Wildman–Crippen LogP) is 1.76. The van der Waals surface area contributed by atoms with Crippen molar-refractivity contribution in [3.8, 4) is 0 Å². The number of aliphatic hydroxyl groups is 1. The Morgan fingerprint density at radius 1 is 1.57 bits per heavy atom. The van der Waals surface area contributed by atoms with E-state index in [1.807, 2.05) is 0 Å². The molecular weight excluding hydrogens is 225 g/mol. The zero-order valence-electron chi connectivity index (χ0n) is 7.59. The Balaban J connectivity index is 2.82. The summed E-state index contributed by atoms with van der Waals surface area (Å²) in [6, 6.07) is 1.51. The zero-order valence-corrected chi connectivity index (χ0v) is 9.10. The number of nitrogens with one attached hydrogen (secondary N) is 1. The molecule has 1 heterocycles. The van der Waals surface area contributed by atoms with Gasteiger partial charge in [-0.1, -0.05) is 23.2 Å². The van der Waals surface area contributed by atoms with Crippen LogP contribution in [0.3, 0.4) is 0 Å². The van der Waals surface area contributed by atoms with Gasteiger partial charge in [0.2, 0.25) is 0 Å². The van der Waals surface area contributed by atoms with Crippen LogP contribution in [0.4, 0.5) is 11.6 Å². The molecule has 0 spiro atoms. The molecule has 4 nitrogen and oxygen atoms in total. The quantitative estimate of drug-likeness (QED) is 0.747. The van der Waals surface area contributed by atoms with E-state index in [0.717, 1.165) is 0 Å². The molecule has 0 aliphatic carbocycles. The van der Waals surface area contributed by atoms with Crippen molar-refractivity contribution in [1.82, 2.24) is 4.98 Å². The van der Waals surface area contributed by atoms with Gasteiger partial charge in [0.1, 0.15) is 11.6 Å². The predicted molar refractivity (Wildman–Crippen MR) is 58.8 cm³/mol. The minimum atomic E-state index is -0.482. The van der Waals surface area contributed by atoms with E-state index in [1.54, 1.807) is 6.92 Å². The van der Waals surface area contributed by atoms with Crippen molar-refractivity contribution >= 4 is 34.8 Å². The van der Waals surface area contributed by atoms with Crippen LogP contribution in [0.2, 0.25) is 10.0 Å². The molecule has 0 aliphatic rings. The van der Waals surface area contributed by atoms with Crippen molar-refractivity contribution in [2.45, 2.75) is 13.0 Å². The SMILES string of the molecule is CC(O)CNc1nc(N)c(Cl)cc1Cl. The first-order valence-corrected chi connectivity index (χ1v) is 4.79. The molecule has 0 saturated carbocycles. The average Bonchev–Trinajstić information content (AvgIpc) is 2.09. The Morgan fingerprint density at radius 2 is 2.21 bits per heavy atom. The topological polar surface area (TPSA) is 71.2 Å². The molecular formula is C8H11Cl2N3O. The molecule has 1 aromatic heterocycles. The Hall–Kier alpha value is -0.710. The third kappa shape index (κ3) is 2.90. The van der Waals surface area contributed by atoms with E-state index >= 15 is 0 Å². The van der Waals surface area contributed by atoms with Gasteiger partial charge in [-0.15, -0.1) is 0 Å². The maximum Gasteiger partial charge on any atom is 0.147 e. The first-order valence-electron chi connectivity index (χ1n) is 4.04. The lowest BCUT2D eigenvalue weighted by Crippen LogP contribution is -2.16. The monoisotopic (exact) mass is 235 g/mol. The summed E-state index contributed by atoms with van der Waals surface area (Å²) in [5.41, 5.74) is 5.49. The van der Waals surface area contributed by atoms with Crippen LogP contribution in [0.25, 0.3) is 0 Å². The van der Waals surface area contributed by atoms with E-state index in [-0.39, 0.29) is 5.82 Å². The first-order chi connectivity index (χ1) is 6.50. The molecule has 0 saturated heterocycles. The normalized spacial score (nSPS) is 12.6. The Labute approximate surface area is 92.0 Å². The van der Waals surface area contributed by atoms with Crippen LogP contribution < -0.4 is 11.1 Å². The highest BCUT2D eigenvalue weighted by Crippen LogP contribution is 2.27. The molecule has 0 aliphatic heterocycles. The molecule has 1 aromatic rings. The molecule has 0 aromatic carbocycles. The Morgan fingerprint density at radius 3 is 2.79 bits per heavy atom. The first kappa shape index (κ1) is 11.4. The van der Waals surface area contributed by atoms with Gasteiger partial charge in [-0.2, -0.15) is 0 Å². The van der Waals surface area contributed by atoms with Gasteiger partial charge in [-0.25, -0.2) is 4.98 Å². The number of aliphatic hydroxyl groups excluding tert-OH is 1. The molecule has 0 amide bonds. The van der Waals surface area contributed by atoms with Crippen LogP contribution in [0, 0.1) is 0 Å². The molecule has 14 heavy (non-hydrogen) atoms. The van der Waals surface area contributed by atoms with Gasteiger partial charge in [-0.05, 0) is 13.0 Å². The van der Waals surface area contributed by atoms with Crippen molar-refractivity contribution in [3.63, 3.8) is 0 Å². The molecule has 1 rings (SSSR count). The number of pyridine rings is 1. The van der Waals surface area contributed by atoms with Crippen molar-refractivity contribution in [3.05, 3.63) is 16.1 Å². The molecule has 0 fully saturated rings. The van der Waals surface area contributed by atoms with Crippen LogP contribution >= 0.6 is 23.2 Å². The highest BCUT2D eigenvalue weighted by molar-refractivity contribution is 6.37. The van der Waals surface area contributed by atoms with Crippen LogP contribution in [0.5, 0.6) is 0 Å². The molecule has 0 radical (unpaired) electrons. The smallest absolute Gasteiger partial charge is 0.147 e. The van der Waals surface area contributed by atoms with Crippen molar-refractivity contribution in [1.29, 1.82) is 0 Å². The number of hydrogen-bond acceptors (Lipinski definition) is 4. The molecule has 6 heteroatoms. The lowest BCUT2D eigenvalue weighted by atomic mass is 10.4. The molecule has 0 bridgehead atoms. The maximum absolute atomic E-state index is 9.04. The second-order valence-corrected chi connectivity index (χ2v) is 3.73. The average molecular weight is 236 g/mol. The zero-order chi connectivity index (χ0) is 10.7. The third-order valence-corrected chi connectivity index (χ3v) is 2.11. The summed E-state index contributed by atoms with van der Waals surface area (Å²) in [6.45, 7) is 2.01. The minimum absolute atomic E-state index is 0.212. The van der Waals surface area contributed by atoms with Crippen molar-refractivity contribution < 1.29 is 5.11 Å². The van der Waals surface area contributed by atoms with Gasteiger partial charge in [0.05, 0.1) is 16.1 Å². The van der Waals surface area contributed by atoms with Gasteiger partial charge in [0.25, 0.3) is 0 Å². The molecule has 4 N–H and O–H groups in total. The molecule has 78 valence electrons. The highest BCUT2D eigenvalue weighted by Gasteiger charge is 2.07. The van der Waals surface area contributed by atoms with Crippen LogP contribution in [-0.2, 0) is 0 Å². The summed E-state index contributed by atoms with van der Waals surface area (Å²) in [5.74, 6) is 0.638. The fourth-order valence-electron chi connectivity index (χ4n) is 0.849. The summed E-state index contributed by atoms with van der Waals surface area (Å²) in [7, 11) is 0. The van der Waals surface area contributed by atoms with Crippen LogP contribution in [0.1, 0.15) is 6.92 Å². The number of aromatic nitrogens is 1. The van der Waals surface area contributed by atoms with Crippen LogP contribution in [-0.4, -0.2) is 22.7 Å². The molecule has 1 unspecified atom stereocenters. The number of nitrogens with zero attached hydrogens (tertiary/aromatic N) is 1. The van der Waals surface area contributed by atoms with Gasteiger partial charge in [-0.3, -0.25) is 0 Å². The highest BCUT2D eigenvalue weighted by atomic mass is 35.5. The number of rotatable bonds is 3. The van der Waals surface area contributed by atoms with Gasteiger partial charge in [0.15, 0.2) is 0 Å². The van der Waals surface area contributed by atoms with Crippen LogP contribution in [0.15, 0.2) is 6.07 Å². The fourth-order valence-corrected chi connectivity index (χ4v) is 1.27. The van der Waals surface area contributed by atoms with Crippen molar-refractivity contribution in [2.24, 2.45) is 0 Å². The number of hydrogen-bond donors (Lipinski definition) is 3. The van der Waals surface area contributed by atoms with E-state index in [9.17, 15) is 0 Å². The van der Waals surface area contributed by atoms with E-state index < -0.39 is 6.10 Å². The van der Waals surface area contributed by atoms with E-state index in [0.29, 0.717) is 22.4 Å². The second-order valence-electron chi connectivity index (χ2n) is 2.92. The minimum Gasteiger partial charge on any atom is -0.392 e. The Bertz CT molecular complexity index is 331. The van der Waals surface area contributed by atoms with Gasteiger partial charge < -0.3 is 16.2 Å². The lowest BCUT2D eigenvalue weighted by Gasteiger charge is -2.10. The summed E-state index contributed by atoms with van der Waals surface area (Å²) in [6.07, 6.45) is -0.482. The number of nitrogen functional groups attached to an aromatic ring is 1. The van der Waals surface area contributed by atoms with Crippen molar-refractivity contribution in [2.75, 3.05) is 17.6 Å². The number of anilines is 2. The fraction of sp³-hybridized carbons (Fsp3) is 0.375. The van der Waals surface area contributed by atoms with E-state index in [2.05, 4.69) is 10.3 Å². The lowest BCUT2D eigenvalue weighted by molar-refractivity contribution is 0.208. The number of halogens is 2. The summed E-state index contributed by atoms with van der Waals surface area (Å²) < 4.78 is 0.